The van der Waals surface area contributed by atoms with E-state index in [9.17, 15) is 18.5 Å². The molecule has 8 nitrogen and oxygen atoms in total. The number of hydrogen-bond acceptors (Lipinski definition) is 7. The summed E-state index contributed by atoms with van der Waals surface area (Å²) in [6.07, 6.45) is 0. The van der Waals surface area contributed by atoms with Crippen molar-refractivity contribution < 1.29 is 13.3 Å². The number of non-ortho nitro benzene ring substituents is 1. The van der Waals surface area contributed by atoms with Crippen LogP contribution >= 0.6 is 22.9 Å². The van der Waals surface area contributed by atoms with Crippen LogP contribution in [0.5, 0.6) is 0 Å². The molecule has 0 bridgehead atoms. The first-order chi connectivity index (χ1) is 14.3. The van der Waals surface area contributed by atoms with Gasteiger partial charge < -0.3 is 4.90 Å². The highest BCUT2D eigenvalue weighted by Crippen LogP contribution is 2.29. The van der Waals surface area contributed by atoms with Crippen molar-refractivity contribution in [1.82, 2.24) is 9.29 Å². The SMILES string of the molecule is O=[N+]([O-])c1ccc(S(=O)(=O)N2CCN(c3nc(-c4ccc(Cl)cc4)cs3)CC2)cc1. The fourth-order valence-corrected chi connectivity index (χ4v) is 5.61. The lowest BCUT2D eigenvalue weighted by atomic mass is 10.2. The van der Waals surface area contributed by atoms with Crippen LogP contribution in [0.15, 0.2) is 58.8 Å². The van der Waals surface area contributed by atoms with Gasteiger partial charge in [-0.15, -0.1) is 11.3 Å². The van der Waals surface area contributed by atoms with Gasteiger partial charge in [-0.3, -0.25) is 10.1 Å². The highest BCUT2D eigenvalue weighted by molar-refractivity contribution is 7.89. The van der Waals surface area contributed by atoms with Crippen LogP contribution in [0.25, 0.3) is 11.3 Å². The fourth-order valence-electron chi connectivity index (χ4n) is 3.17. The van der Waals surface area contributed by atoms with Gasteiger partial charge in [0.05, 0.1) is 15.5 Å². The Labute approximate surface area is 182 Å². The van der Waals surface area contributed by atoms with Gasteiger partial charge >= 0.3 is 0 Å². The summed E-state index contributed by atoms with van der Waals surface area (Å²) in [5, 5.41) is 14.2. The Kier molecular flexibility index (Phi) is 5.74. The summed E-state index contributed by atoms with van der Waals surface area (Å²) in [6.45, 7) is 1.66. The number of piperazine rings is 1. The maximum atomic E-state index is 12.8. The van der Waals surface area contributed by atoms with Gasteiger partial charge in [-0.05, 0) is 24.3 Å². The topological polar surface area (TPSA) is 96.6 Å². The van der Waals surface area contributed by atoms with Gasteiger partial charge in [0.25, 0.3) is 5.69 Å². The Morgan fingerprint density at radius 3 is 2.23 bits per heavy atom. The summed E-state index contributed by atoms with van der Waals surface area (Å²) in [6, 6.07) is 12.4. The molecule has 2 heterocycles. The van der Waals surface area contributed by atoms with E-state index in [1.165, 1.54) is 39.9 Å². The van der Waals surface area contributed by atoms with Crippen LogP contribution in [-0.2, 0) is 10.0 Å². The second-order valence-corrected chi connectivity index (χ2v) is 9.88. The molecule has 3 aromatic rings. The molecule has 11 heteroatoms. The molecule has 0 saturated carbocycles. The third-order valence-corrected chi connectivity index (χ3v) is 7.89. The van der Waals surface area contributed by atoms with Crippen molar-refractivity contribution in [2.45, 2.75) is 4.90 Å². The summed E-state index contributed by atoms with van der Waals surface area (Å²) in [5.74, 6) is 0. The average molecular weight is 465 g/mol. The van der Waals surface area contributed by atoms with Crippen molar-refractivity contribution in [3.8, 4) is 11.3 Å². The summed E-state index contributed by atoms with van der Waals surface area (Å²) >= 11 is 7.45. The number of nitro groups is 1. The highest BCUT2D eigenvalue weighted by Gasteiger charge is 2.29. The molecule has 0 unspecified atom stereocenters. The zero-order chi connectivity index (χ0) is 21.3. The van der Waals surface area contributed by atoms with Crippen molar-refractivity contribution in [3.05, 3.63) is 69.0 Å². The van der Waals surface area contributed by atoms with Gasteiger partial charge in [-0.1, -0.05) is 23.7 Å². The van der Waals surface area contributed by atoms with E-state index in [1.54, 1.807) is 0 Å². The molecule has 1 aliphatic heterocycles. The Bertz CT molecular complexity index is 1160. The number of nitrogens with zero attached hydrogens (tertiary/aromatic N) is 4. The van der Waals surface area contributed by atoms with E-state index in [2.05, 4.69) is 9.88 Å². The molecule has 0 spiro atoms. The number of benzene rings is 2. The summed E-state index contributed by atoms with van der Waals surface area (Å²) < 4.78 is 27.1. The van der Waals surface area contributed by atoms with E-state index in [4.69, 9.17) is 11.6 Å². The summed E-state index contributed by atoms with van der Waals surface area (Å²) in [7, 11) is -3.70. The predicted octanol–water partition coefficient (Wildman–Crippen LogP) is 3.88. The van der Waals surface area contributed by atoms with E-state index in [0.717, 1.165) is 16.4 Å². The number of sulfonamides is 1. The monoisotopic (exact) mass is 464 g/mol. The third-order valence-electron chi connectivity index (χ3n) is 4.83. The first kappa shape index (κ1) is 20.7. The van der Waals surface area contributed by atoms with Gasteiger partial charge in [0.1, 0.15) is 0 Å². The molecule has 0 atom stereocenters. The van der Waals surface area contributed by atoms with Crippen LogP contribution in [0.1, 0.15) is 0 Å². The molecule has 0 amide bonds. The van der Waals surface area contributed by atoms with Gasteiger partial charge in [0.15, 0.2) is 5.13 Å². The van der Waals surface area contributed by atoms with Gasteiger partial charge in [0.2, 0.25) is 10.0 Å². The maximum absolute atomic E-state index is 12.8. The molecule has 1 fully saturated rings. The largest absolute Gasteiger partial charge is 0.345 e. The van der Waals surface area contributed by atoms with Crippen molar-refractivity contribution in [3.63, 3.8) is 0 Å². The molecule has 30 heavy (non-hydrogen) atoms. The van der Waals surface area contributed by atoms with E-state index in [1.807, 2.05) is 29.6 Å². The summed E-state index contributed by atoms with van der Waals surface area (Å²) in [5.41, 5.74) is 1.69. The van der Waals surface area contributed by atoms with Crippen LogP contribution in [0.3, 0.4) is 0 Å². The van der Waals surface area contributed by atoms with Crippen LogP contribution in [-0.4, -0.2) is 48.8 Å². The molecule has 156 valence electrons. The zero-order valence-corrected chi connectivity index (χ0v) is 18.0. The van der Waals surface area contributed by atoms with Gasteiger partial charge in [-0.25, -0.2) is 13.4 Å². The van der Waals surface area contributed by atoms with Crippen molar-refractivity contribution in [2.24, 2.45) is 0 Å². The normalized spacial score (nSPS) is 15.3. The van der Waals surface area contributed by atoms with Crippen LogP contribution in [0.4, 0.5) is 10.8 Å². The third kappa shape index (κ3) is 4.17. The smallest absolute Gasteiger partial charge is 0.269 e. The number of aromatic nitrogens is 1. The number of anilines is 1. The quantitative estimate of drug-likeness (QED) is 0.420. The van der Waals surface area contributed by atoms with E-state index >= 15 is 0 Å². The van der Waals surface area contributed by atoms with Crippen molar-refractivity contribution in [2.75, 3.05) is 31.1 Å². The van der Waals surface area contributed by atoms with Gasteiger partial charge in [-0.2, -0.15) is 4.31 Å². The molecule has 0 N–H and O–H groups in total. The van der Waals surface area contributed by atoms with E-state index in [0.29, 0.717) is 31.2 Å². The second kappa shape index (κ2) is 8.31. The van der Waals surface area contributed by atoms with Crippen molar-refractivity contribution >= 4 is 43.8 Å². The van der Waals surface area contributed by atoms with Crippen LogP contribution < -0.4 is 4.90 Å². The average Bonchev–Trinajstić information content (AvgIpc) is 3.25. The predicted molar refractivity (Wildman–Crippen MR) is 117 cm³/mol. The molecule has 2 aromatic carbocycles. The molecule has 1 aromatic heterocycles. The Hall–Kier alpha value is -2.53. The molecule has 0 radical (unpaired) electrons. The highest BCUT2D eigenvalue weighted by atomic mass is 35.5. The number of thiazole rings is 1. The first-order valence-corrected chi connectivity index (χ1v) is 11.8. The second-order valence-electron chi connectivity index (χ2n) is 6.66. The minimum absolute atomic E-state index is 0.0563. The van der Waals surface area contributed by atoms with Crippen LogP contribution in [0.2, 0.25) is 5.02 Å². The van der Waals surface area contributed by atoms with Gasteiger partial charge in [0, 0.05) is 54.3 Å². The Morgan fingerprint density at radius 2 is 1.63 bits per heavy atom. The molecule has 1 saturated heterocycles. The standard InChI is InChI=1S/C19H17ClN4O4S2/c20-15-3-1-14(2-4-15)18-13-29-19(21-18)22-9-11-23(12-10-22)30(27,28)17-7-5-16(6-8-17)24(25)26/h1-8,13H,9-12H2. The van der Waals surface area contributed by atoms with Crippen LogP contribution in [0, 0.1) is 10.1 Å². The number of rotatable bonds is 5. The zero-order valence-electron chi connectivity index (χ0n) is 15.6. The molecular weight excluding hydrogens is 448 g/mol. The minimum Gasteiger partial charge on any atom is -0.345 e. The Balaban J connectivity index is 1.43. The molecular formula is C19H17ClN4O4S2. The maximum Gasteiger partial charge on any atom is 0.269 e. The minimum atomic E-state index is -3.70. The summed E-state index contributed by atoms with van der Waals surface area (Å²) in [4.78, 5) is 17.0. The number of hydrogen-bond donors (Lipinski definition) is 0. The van der Waals surface area contributed by atoms with E-state index < -0.39 is 14.9 Å². The number of halogens is 1. The first-order valence-electron chi connectivity index (χ1n) is 9.05. The Morgan fingerprint density at radius 1 is 1.00 bits per heavy atom. The number of nitro benzene ring substituents is 1. The van der Waals surface area contributed by atoms with Crippen molar-refractivity contribution in [1.29, 1.82) is 0 Å². The molecule has 4 rings (SSSR count). The lowest BCUT2D eigenvalue weighted by Crippen LogP contribution is -2.48. The van der Waals surface area contributed by atoms with E-state index in [-0.39, 0.29) is 10.6 Å². The molecule has 1 aliphatic rings. The fraction of sp³-hybridized carbons (Fsp3) is 0.211. The lowest BCUT2D eigenvalue weighted by Gasteiger charge is -2.33. The lowest BCUT2D eigenvalue weighted by molar-refractivity contribution is -0.384. The molecule has 0 aliphatic carbocycles.